The molecular weight excluding hydrogens is 220 g/mol. The molecule has 0 aromatic rings. The molecule has 0 aromatic carbocycles. The number of likely N-dealkylation sites (N-methyl/N-ethyl adjacent to an activating group) is 1. The number of amides is 3. The van der Waals surface area contributed by atoms with Gasteiger partial charge in [0.25, 0.3) is 0 Å². The highest BCUT2D eigenvalue weighted by atomic mass is 16.2. The van der Waals surface area contributed by atoms with Gasteiger partial charge in [0, 0.05) is 19.1 Å². The average Bonchev–Trinajstić information content (AvgIpc) is 2.67. The minimum atomic E-state index is -0.256. The van der Waals surface area contributed by atoms with Crippen LogP contribution in [0.4, 0.5) is 4.79 Å². The van der Waals surface area contributed by atoms with Crippen LogP contribution in [-0.2, 0) is 4.79 Å². The van der Waals surface area contributed by atoms with Gasteiger partial charge in [0.1, 0.15) is 0 Å². The van der Waals surface area contributed by atoms with Crippen LogP contribution in [0.1, 0.15) is 12.8 Å². The number of carbonyl (C=O) groups is 2. The number of piperidine rings is 1. The highest BCUT2D eigenvalue weighted by molar-refractivity contribution is 6.01. The van der Waals surface area contributed by atoms with Crippen LogP contribution >= 0.6 is 0 Å². The lowest BCUT2D eigenvalue weighted by molar-refractivity contribution is -0.125. The van der Waals surface area contributed by atoms with Crippen LogP contribution in [0.25, 0.3) is 0 Å². The van der Waals surface area contributed by atoms with Crippen LogP contribution in [0.3, 0.4) is 0 Å². The predicted octanol–water partition coefficient (Wildman–Crippen LogP) is -0.778. The number of hydrogen-bond acceptors (Lipinski definition) is 4. The lowest BCUT2D eigenvalue weighted by Gasteiger charge is -2.32. The second-order valence-corrected chi connectivity index (χ2v) is 4.67. The molecule has 6 heteroatoms. The average molecular weight is 240 g/mol. The largest absolute Gasteiger partial charge is 0.329 e. The molecule has 0 saturated carbocycles. The van der Waals surface area contributed by atoms with E-state index in [9.17, 15) is 9.59 Å². The molecule has 0 radical (unpaired) electrons. The minimum absolute atomic E-state index is 0.117. The van der Waals surface area contributed by atoms with Gasteiger partial charge in [-0.05, 0) is 33.0 Å². The zero-order valence-electron chi connectivity index (χ0n) is 10.2. The molecule has 0 atom stereocenters. The van der Waals surface area contributed by atoms with E-state index in [1.165, 1.54) is 4.90 Å². The molecular formula is C11H20N4O2. The van der Waals surface area contributed by atoms with Crippen molar-refractivity contribution in [3.8, 4) is 0 Å². The topological polar surface area (TPSA) is 64.7 Å². The summed E-state index contributed by atoms with van der Waals surface area (Å²) in [4.78, 5) is 26.3. The Labute approximate surface area is 101 Å². The van der Waals surface area contributed by atoms with Crippen LogP contribution in [0.15, 0.2) is 0 Å². The Morgan fingerprint density at radius 2 is 2.06 bits per heavy atom. The van der Waals surface area contributed by atoms with Gasteiger partial charge in [-0.25, -0.2) is 4.79 Å². The monoisotopic (exact) mass is 240 g/mol. The first-order valence-electron chi connectivity index (χ1n) is 6.17. The molecule has 2 fully saturated rings. The fourth-order valence-electron chi connectivity index (χ4n) is 2.37. The molecule has 0 unspecified atom stereocenters. The molecule has 2 saturated heterocycles. The van der Waals surface area contributed by atoms with E-state index in [4.69, 9.17) is 0 Å². The summed E-state index contributed by atoms with van der Waals surface area (Å²) in [6, 6.07) is 0.311. The summed E-state index contributed by atoms with van der Waals surface area (Å²) in [7, 11) is 2.06. The van der Waals surface area contributed by atoms with Crippen molar-refractivity contribution in [1.29, 1.82) is 0 Å². The molecule has 17 heavy (non-hydrogen) atoms. The Morgan fingerprint density at radius 1 is 1.35 bits per heavy atom. The molecule has 2 N–H and O–H groups in total. The zero-order chi connectivity index (χ0) is 12.3. The summed E-state index contributed by atoms with van der Waals surface area (Å²) >= 11 is 0. The lowest BCUT2D eigenvalue weighted by Crippen LogP contribution is -2.45. The second-order valence-electron chi connectivity index (χ2n) is 4.67. The van der Waals surface area contributed by atoms with Crippen LogP contribution in [0.2, 0.25) is 0 Å². The normalized spacial score (nSPS) is 22.4. The highest BCUT2D eigenvalue weighted by Crippen LogP contribution is 2.10. The van der Waals surface area contributed by atoms with E-state index in [1.807, 2.05) is 0 Å². The quantitative estimate of drug-likeness (QED) is 0.633. The van der Waals surface area contributed by atoms with Crippen molar-refractivity contribution in [2.24, 2.45) is 0 Å². The van der Waals surface area contributed by atoms with E-state index >= 15 is 0 Å². The first-order valence-corrected chi connectivity index (χ1v) is 6.17. The van der Waals surface area contributed by atoms with E-state index < -0.39 is 0 Å². The van der Waals surface area contributed by atoms with Gasteiger partial charge < -0.3 is 15.5 Å². The summed E-state index contributed by atoms with van der Waals surface area (Å²) in [5, 5.41) is 5.86. The van der Waals surface area contributed by atoms with Crippen molar-refractivity contribution >= 4 is 11.9 Å². The second kappa shape index (κ2) is 5.46. The van der Waals surface area contributed by atoms with Crippen molar-refractivity contribution in [3.05, 3.63) is 0 Å². The zero-order valence-corrected chi connectivity index (χ0v) is 10.2. The number of nitrogens with zero attached hydrogens (tertiary/aromatic N) is 2. The summed E-state index contributed by atoms with van der Waals surface area (Å²) in [5.41, 5.74) is 0. The van der Waals surface area contributed by atoms with Crippen LogP contribution in [0.5, 0.6) is 0 Å². The highest BCUT2D eigenvalue weighted by Gasteiger charge is 2.28. The van der Waals surface area contributed by atoms with Crippen LogP contribution < -0.4 is 10.6 Å². The molecule has 2 rings (SSSR count). The third-order valence-electron chi connectivity index (χ3n) is 3.55. The fourth-order valence-corrected chi connectivity index (χ4v) is 2.37. The van der Waals surface area contributed by atoms with E-state index in [-0.39, 0.29) is 18.5 Å². The number of hydrogen-bond donors (Lipinski definition) is 2. The van der Waals surface area contributed by atoms with E-state index in [1.54, 1.807) is 0 Å². The van der Waals surface area contributed by atoms with Crippen molar-refractivity contribution < 1.29 is 9.59 Å². The number of rotatable bonds is 4. The van der Waals surface area contributed by atoms with Gasteiger partial charge in [-0.1, -0.05) is 0 Å². The Morgan fingerprint density at radius 3 is 2.65 bits per heavy atom. The van der Waals surface area contributed by atoms with Crippen molar-refractivity contribution in [1.82, 2.24) is 20.4 Å². The van der Waals surface area contributed by atoms with Crippen LogP contribution in [0, 0.1) is 0 Å². The maximum absolute atomic E-state index is 11.4. The van der Waals surface area contributed by atoms with Gasteiger partial charge in [0.15, 0.2) is 0 Å². The molecule has 0 spiro atoms. The Balaban J connectivity index is 1.77. The number of carbonyl (C=O) groups excluding carboxylic acids is 2. The maximum atomic E-state index is 11.4. The molecule has 2 heterocycles. The minimum Gasteiger partial charge on any atom is -0.329 e. The van der Waals surface area contributed by atoms with Gasteiger partial charge in [0.05, 0.1) is 6.54 Å². The molecule has 0 aliphatic carbocycles. The molecule has 0 bridgehead atoms. The predicted molar refractivity (Wildman–Crippen MR) is 63.6 cm³/mol. The van der Waals surface area contributed by atoms with Gasteiger partial charge >= 0.3 is 6.03 Å². The van der Waals surface area contributed by atoms with E-state index in [0.717, 1.165) is 32.5 Å². The van der Waals surface area contributed by atoms with Crippen molar-refractivity contribution in [3.63, 3.8) is 0 Å². The summed E-state index contributed by atoms with van der Waals surface area (Å²) < 4.78 is 0. The SMILES string of the molecule is CN(CCN1C(=O)CNC1=O)C1CCNCC1. The van der Waals surface area contributed by atoms with Gasteiger partial charge in [-0.3, -0.25) is 9.69 Å². The Hall–Kier alpha value is -1.14. The van der Waals surface area contributed by atoms with E-state index in [2.05, 4.69) is 22.6 Å². The van der Waals surface area contributed by atoms with Crippen molar-refractivity contribution in [2.45, 2.75) is 18.9 Å². The van der Waals surface area contributed by atoms with Crippen molar-refractivity contribution in [2.75, 3.05) is 39.8 Å². The Bertz CT molecular complexity index is 286. The standard InChI is InChI=1S/C11H20N4O2/c1-14(9-2-4-12-5-3-9)6-7-15-10(16)8-13-11(15)17/h9,12H,2-8H2,1H3,(H,13,17). The van der Waals surface area contributed by atoms with Gasteiger partial charge in [0.2, 0.25) is 5.91 Å². The third-order valence-corrected chi connectivity index (χ3v) is 3.55. The molecule has 2 aliphatic rings. The molecule has 2 aliphatic heterocycles. The number of urea groups is 1. The smallest absolute Gasteiger partial charge is 0.324 e. The molecule has 6 nitrogen and oxygen atoms in total. The summed E-state index contributed by atoms with van der Waals surface area (Å²) in [6.07, 6.45) is 2.27. The maximum Gasteiger partial charge on any atom is 0.324 e. The molecule has 0 aromatic heterocycles. The Kier molecular flexibility index (Phi) is 3.96. The van der Waals surface area contributed by atoms with Gasteiger partial charge in [-0.2, -0.15) is 0 Å². The third kappa shape index (κ3) is 2.95. The van der Waals surface area contributed by atoms with Crippen LogP contribution in [-0.4, -0.2) is 67.6 Å². The molecule has 96 valence electrons. The molecule has 3 amide bonds. The first-order chi connectivity index (χ1) is 8.18. The number of nitrogens with one attached hydrogen (secondary N) is 2. The number of imide groups is 1. The lowest BCUT2D eigenvalue weighted by atomic mass is 10.1. The first kappa shape index (κ1) is 12.3. The van der Waals surface area contributed by atoms with E-state index in [0.29, 0.717) is 12.6 Å². The fraction of sp³-hybridized carbons (Fsp3) is 0.818. The summed E-state index contributed by atoms with van der Waals surface area (Å²) in [6.45, 7) is 3.50. The summed E-state index contributed by atoms with van der Waals surface area (Å²) in [5.74, 6) is -0.117. The van der Waals surface area contributed by atoms with Gasteiger partial charge in [-0.15, -0.1) is 0 Å².